The van der Waals surface area contributed by atoms with Gasteiger partial charge in [0.05, 0.1) is 9.48 Å². The third kappa shape index (κ3) is 1.55. The number of nitrogens with one attached hydrogen (secondary N) is 1. The molecule has 1 aliphatic rings. The van der Waals surface area contributed by atoms with E-state index in [1.807, 2.05) is 13.2 Å². The molecule has 0 atom stereocenters. The first-order chi connectivity index (χ1) is 7.78. The summed E-state index contributed by atoms with van der Waals surface area (Å²) in [4.78, 5) is 10.2. The molecule has 3 rings (SSSR count). The van der Waals surface area contributed by atoms with Crippen LogP contribution in [0.3, 0.4) is 0 Å². The van der Waals surface area contributed by atoms with Gasteiger partial charge < -0.3 is 5.32 Å². The van der Waals surface area contributed by atoms with Gasteiger partial charge in [0, 0.05) is 23.7 Å². The van der Waals surface area contributed by atoms with Crippen molar-refractivity contribution in [1.82, 2.24) is 9.97 Å². The van der Waals surface area contributed by atoms with E-state index >= 15 is 0 Å². The number of anilines is 1. The molecule has 2 aromatic rings. The molecular formula is C11H10BrN3S. The van der Waals surface area contributed by atoms with Crippen molar-refractivity contribution in [3.8, 4) is 11.3 Å². The molecule has 0 aromatic carbocycles. The topological polar surface area (TPSA) is 37.8 Å². The maximum absolute atomic E-state index is 4.55. The van der Waals surface area contributed by atoms with Gasteiger partial charge in [0.2, 0.25) is 5.95 Å². The van der Waals surface area contributed by atoms with Crippen molar-refractivity contribution in [2.45, 2.75) is 12.8 Å². The molecular weight excluding hydrogens is 286 g/mol. The zero-order chi connectivity index (χ0) is 11.1. The van der Waals surface area contributed by atoms with Gasteiger partial charge in [-0.25, -0.2) is 9.97 Å². The van der Waals surface area contributed by atoms with Crippen LogP contribution >= 0.6 is 27.3 Å². The van der Waals surface area contributed by atoms with Gasteiger partial charge in [-0.3, -0.25) is 0 Å². The maximum atomic E-state index is 4.55. The molecule has 5 heteroatoms. The second kappa shape index (κ2) is 3.82. The van der Waals surface area contributed by atoms with E-state index in [0.717, 1.165) is 18.5 Å². The zero-order valence-corrected chi connectivity index (χ0v) is 11.2. The number of rotatable bonds is 1. The summed E-state index contributed by atoms with van der Waals surface area (Å²) in [6.07, 6.45) is 4.07. The van der Waals surface area contributed by atoms with Crippen molar-refractivity contribution in [3.05, 3.63) is 26.5 Å². The molecule has 3 nitrogen and oxygen atoms in total. The van der Waals surface area contributed by atoms with Crippen LogP contribution < -0.4 is 5.32 Å². The number of aryl methyl sites for hydroxylation is 2. The van der Waals surface area contributed by atoms with E-state index in [4.69, 9.17) is 0 Å². The fraction of sp³-hybridized carbons (Fsp3) is 0.273. The van der Waals surface area contributed by atoms with Crippen molar-refractivity contribution in [3.63, 3.8) is 0 Å². The van der Waals surface area contributed by atoms with Crippen molar-refractivity contribution in [2.75, 3.05) is 12.4 Å². The smallest absolute Gasteiger partial charge is 0.222 e. The predicted molar refractivity (Wildman–Crippen MR) is 70.0 cm³/mol. The van der Waals surface area contributed by atoms with Crippen LogP contribution in [0, 0.1) is 0 Å². The molecule has 1 N–H and O–H groups in total. The molecule has 2 aromatic heterocycles. The van der Waals surface area contributed by atoms with Gasteiger partial charge >= 0.3 is 0 Å². The monoisotopic (exact) mass is 295 g/mol. The van der Waals surface area contributed by atoms with E-state index in [2.05, 4.69) is 37.3 Å². The van der Waals surface area contributed by atoms with Crippen LogP contribution in [-0.4, -0.2) is 17.0 Å². The minimum atomic E-state index is 0.689. The molecule has 0 aliphatic heterocycles. The molecule has 0 saturated carbocycles. The standard InChI is InChI=1S/C11H10BrN3S/c1-13-11-14-5-6-2-3-8-7(10(6)15-11)4-9(12)16-8/h4-5H,2-3H2,1H3,(H,13,14,15). The Bertz CT molecular complexity index is 550. The number of thiophene rings is 1. The summed E-state index contributed by atoms with van der Waals surface area (Å²) in [5.74, 6) is 0.689. The highest BCUT2D eigenvalue weighted by Crippen LogP contribution is 2.39. The van der Waals surface area contributed by atoms with Crippen LogP contribution in [0.1, 0.15) is 10.4 Å². The van der Waals surface area contributed by atoms with E-state index < -0.39 is 0 Å². The van der Waals surface area contributed by atoms with Gasteiger partial charge in [-0.1, -0.05) is 0 Å². The van der Waals surface area contributed by atoms with E-state index in [-0.39, 0.29) is 0 Å². The summed E-state index contributed by atoms with van der Waals surface area (Å²) in [6.45, 7) is 0. The number of hydrogen-bond donors (Lipinski definition) is 1. The molecule has 0 bridgehead atoms. The second-order valence-electron chi connectivity index (χ2n) is 3.70. The molecule has 0 amide bonds. The van der Waals surface area contributed by atoms with Gasteiger partial charge in [-0.2, -0.15) is 0 Å². The molecule has 0 radical (unpaired) electrons. The molecule has 0 spiro atoms. The lowest BCUT2D eigenvalue weighted by molar-refractivity contribution is 0.929. The Morgan fingerprint density at radius 3 is 3.12 bits per heavy atom. The van der Waals surface area contributed by atoms with Gasteiger partial charge in [-0.15, -0.1) is 11.3 Å². The molecule has 0 fully saturated rings. The Kier molecular flexibility index (Phi) is 2.44. The summed E-state index contributed by atoms with van der Waals surface area (Å²) in [5, 5.41) is 2.98. The van der Waals surface area contributed by atoms with Crippen molar-refractivity contribution < 1.29 is 0 Å². The average molecular weight is 296 g/mol. The molecule has 16 heavy (non-hydrogen) atoms. The first-order valence-electron chi connectivity index (χ1n) is 5.10. The summed E-state index contributed by atoms with van der Waals surface area (Å²) in [5.41, 5.74) is 3.59. The normalized spacial score (nSPS) is 13.1. The van der Waals surface area contributed by atoms with Gasteiger partial charge in [0.15, 0.2) is 0 Å². The van der Waals surface area contributed by atoms with Crippen molar-refractivity contribution >= 4 is 33.2 Å². The summed E-state index contributed by atoms with van der Waals surface area (Å²) >= 11 is 5.34. The maximum Gasteiger partial charge on any atom is 0.222 e. The van der Waals surface area contributed by atoms with Gasteiger partial charge in [0.1, 0.15) is 0 Å². The number of hydrogen-bond acceptors (Lipinski definition) is 4. The molecule has 82 valence electrons. The Balaban J connectivity index is 2.21. The van der Waals surface area contributed by atoms with Crippen LogP contribution in [0.15, 0.2) is 16.0 Å². The lowest BCUT2D eigenvalue weighted by Crippen LogP contribution is -2.06. The predicted octanol–water partition coefficient (Wildman–Crippen LogP) is 3.11. The number of fused-ring (bicyclic) bond motifs is 3. The fourth-order valence-electron chi connectivity index (χ4n) is 1.97. The highest BCUT2D eigenvalue weighted by Gasteiger charge is 2.20. The van der Waals surface area contributed by atoms with E-state index in [1.54, 1.807) is 11.3 Å². The minimum absolute atomic E-state index is 0.689. The highest BCUT2D eigenvalue weighted by molar-refractivity contribution is 9.11. The Hall–Kier alpha value is -0.940. The van der Waals surface area contributed by atoms with Crippen LogP contribution in [0.5, 0.6) is 0 Å². The first-order valence-corrected chi connectivity index (χ1v) is 6.71. The Morgan fingerprint density at radius 1 is 1.44 bits per heavy atom. The number of nitrogens with zero attached hydrogens (tertiary/aromatic N) is 2. The summed E-state index contributed by atoms with van der Waals surface area (Å²) < 4.78 is 1.18. The fourth-order valence-corrected chi connectivity index (χ4v) is 3.67. The molecule has 2 heterocycles. The van der Waals surface area contributed by atoms with Crippen LogP contribution in [0.2, 0.25) is 0 Å². The van der Waals surface area contributed by atoms with Crippen LogP contribution in [0.25, 0.3) is 11.3 Å². The largest absolute Gasteiger partial charge is 0.357 e. The summed E-state index contributed by atoms with van der Waals surface area (Å²) in [7, 11) is 1.84. The van der Waals surface area contributed by atoms with Gasteiger partial charge in [-0.05, 0) is 40.4 Å². The third-order valence-corrected chi connectivity index (χ3v) is 4.44. The highest BCUT2D eigenvalue weighted by atomic mass is 79.9. The zero-order valence-electron chi connectivity index (χ0n) is 8.75. The van der Waals surface area contributed by atoms with E-state index in [0.29, 0.717) is 5.95 Å². The van der Waals surface area contributed by atoms with Crippen LogP contribution in [-0.2, 0) is 12.8 Å². The van der Waals surface area contributed by atoms with E-state index in [1.165, 1.54) is 19.8 Å². The Labute approximate surface area is 106 Å². The summed E-state index contributed by atoms with van der Waals surface area (Å²) in [6, 6.07) is 2.16. The lowest BCUT2D eigenvalue weighted by atomic mass is 9.97. The number of aromatic nitrogens is 2. The first kappa shape index (κ1) is 10.2. The van der Waals surface area contributed by atoms with Crippen molar-refractivity contribution in [2.24, 2.45) is 0 Å². The second-order valence-corrected chi connectivity index (χ2v) is 6.22. The van der Waals surface area contributed by atoms with E-state index in [9.17, 15) is 0 Å². The average Bonchev–Trinajstić information content (AvgIpc) is 2.69. The SMILES string of the molecule is CNc1ncc2c(n1)-c1cc(Br)sc1CC2. The molecule has 0 saturated heterocycles. The lowest BCUT2D eigenvalue weighted by Gasteiger charge is -2.15. The minimum Gasteiger partial charge on any atom is -0.357 e. The third-order valence-electron chi connectivity index (χ3n) is 2.74. The van der Waals surface area contributed by atoms with Crippen LogP contribution in [0.4, 0.5) is 5.95 Å². The quantitative estimate of drug-likeness (QED) is 0.878. The van der Waals surface area contributed by atoms with Crippen molar-refractivity contribution in [1.29, 1.82) is 0 Å². The number of halogens is 1. The van der Waals surface area contributed by atoms with Gasteiger partial charge in [0.25, 0.3) is 0 Å². The molecule has 0 unspecified atom stereocenters. The Morgan fingerprint density at radius 2 is 2.31 bits per heavy atom. The molecule has 1 aliphatic carbocycles.